The van der Waals surface area contributed by atoms with Gasteiger partial charge in [0, 0.05) is 31.1 Å². The molecule has 6 heteroatoms. The highest BCUT2D eigenvalue weighted by atomic mass is 35.5. The minimum absolute atomic E-state index is 0.0109. The van der Waals surface area contributed by atoms with E-state index in [0.717, 1.165) is 32.1 Å². The average Bonchev–Trinajstić information content (AvgIpc) is 2.76. The lowest BCUT2D eigenvalue weighted by molar-refractivity contribution is 0.245. The molecule has 0 radical (unpaired) electrons. The van der Waals surface area contributed by atoms with Crippen LogP contribution in [0.4, 0.5) is 0 Å². The summed E-state index contributed by atoms with van der Waals surface area (Å²) in [5.41, 5.74) is 0. The van der Waals surface area contributed by atoms with Crippen LogP contribution in [-0.2, 0) is 10.2 Å². The van der Waals surface area contributed by atoms with Crippen molar-refractivity contribution in [2.75, 3.05) is 19.0 Å². The zero-order valence-electron chi connectivity index (χ0n) is 10.3. The van der Waals surface area contributed by atoms with E-state index in [0.29, 0.717) is 19.0 Å². The van der Waals surface area contributed by atoms with Crippen molar-refractivity contribution in [3.8, 4) is 0 Å². The lowest BCUT2D eigenvalue weighted by Crippen LogP contribution is -2.52. The van der Waals surface area contributed by atoms with Gasteiger partial charge in [-0.2, -0.15) is 17.0 Å². The fraction of sp³-hybridized carbons (Fsp3) is 1.00. The summed E-state index contributed by atoms with van der Waals surface area (Å²) < 4.78 is 28.4. The van der Waals surface area contributed by atoms with Gasteiger partial charge >= 0.3 is 0 Å². The Morgan fingerprint density at radius 1 is 1.12 bits per heavy atom. The van der Waals surface area contributed by atoms with Gasteiger partial charge in [0.1, 0.15) is 0 Å². The Hall–Kier alpha value is 0.160. The molecule has 2 rings (SSSR count). The molecule has 0 aromatic carbocycles. The Bertz CT molecular complexity index is 360. The van der Waals surface area contributed by atoms with Crippen LogP contribution in [0.2, 0.25) is 0 Å². The molecule has 100 valence electrons. The topological polar surface area (TPSA) is 40.6 Å². The largest absolute Gasteiger partial charge is 0.282 e. The molecule has 2 saturated heterocycles. The van der Waals surface area contributed by atoms with Crippen LogP contribution >= 0.6 is 11.6 Å². The average molecular weight is 281 g/mol. The Labute approximate surface area is 109 Å². The third kappa shape index (κ3) is 2.62. The van der Waals surface area contributed by atoms with E-state index in [1.807, 2.05) is 6.92 Å². The molecule has 0 saturated carbocycles. The van der Waals surface area contributed by atoms with Gasteiger partial charge in [0.05, 0.1) is 0 Å². The Morgan fingerprint density at radius 2 is 1.82 bits per heavy atom. The normalized spacial score (nSPS) is 33.1. The second-order valence-corrected chi connectivity index (χ2v) is 7.17. The predicted molar refractivity (Wildman–Crippen MR) is 69.4 cm³/mol. The number of alkyl halides is 1. The molecule has 2 heterocycles. The lowest BCUT2D eigenvalue weighted by Gasteiger charge is -2.37. The Morgan fingerprint density at radius 3 is 2.41 bits per heavy atom. The minimum Gasteiger partial charge on any atom is -0.195 e. The minimum atomic E-state index is -3.29. The molecule has 2 fully saturated rings. The summed E-state index contributed by atoms with van der Waals surface area (Å²) in [7, 11) is -3.29. The Kier molecular flexibility index (Phi) is 4.34. The van der Waals surface area contributed by atoms with Crippen molar-refractivity contribution in [3.05, 3.63) is 0 Å². The smallest absolute Gasteiger partial charge is 0.195 e. The summed E-state index contributed by atoms with van der Waals surface area (Å²) in [6, 6.07) is 0.126. The second-order valence-electron chi connectivity index (χ2n) is 5.02. The molecule has 0 bridgehead atoms. The van der Waals surface area contributed by atoms with Gasteiger partial charge in [-0.25, -0.2) is 0 Å². The van der Waals surface area contributed by atoms with Crippen LogP contribution in [0.15, 0.2) is 0 Å². The van der Waals surface area contributed by atoms with Gasteiger partial charge in [-0.05, 0) is 32.6 Å². The van der Waals surface area contributed by atoms with Gasteiger partial charge in [0.2, 0.25) is 0 Å². The standard InChI is InChI=1S/C11H21ClN2O2S/c1-10-5-4-8-13(10)17(15,16)14-7-3-2-6-11(14)9-12/h10-11H,2-9H2,1H3. The highest BCUT2D eigenvalue weighted by Crippen LogP contribution is 2.28. The highest BCUT2D eigenvalue weighted by Gasteiger charge is 2.39. The molecule has 0 aromatic heterocycles. The first-order valence-electron chi connectivity index (χ1n) is 6.42. The number of hydrogen-bond acceptors (Lipinski definition) is 2. The number of halogens is 1. The summed E-state index contributed by atoms with van der Waals surface area (Å²) in [5.74, 6) is 0.404. The molecule has 0 aliphatic carbocycles. The highest BCUT2D eigenvalue weighted by molar-refractivity contribution is 7.86. The summed E-state index contributed by atoms with van der Waals surface area (Å²) in [6.07, 6.45) is 4.87. The lowest BCUT2D eigenvalue weighted by atomic mass is 10.1. The molecule has 2 aliphatic heterocycles. The van der Waals surface area contributed by atoms with Gasteiger partial charge in [-0.3, -0.25) is 0 Å². The van der Waals surface area contributed by atoms with E-state index in [2.05, 4.69) is 0 Å². The monoisotopic (exact) mass is 280 g/mol. The van der Waals surface area contributed by atoms with E-state index in [9.17, 15) is 8.42 Å². The summed E-state index contributed by atoms with van der Waals surface area (Å²) in [6.45, 7) is 3.28. The zero-order chi connectivity index (χ0) is 12.5. The van der Waals surface area contributed by atoms with Gasteiger partial charge in [0.25, 0.3) is 10.2 Å². The van der Waals surface area contributed by atoms with E-state index in [4.69, 9.17) is 11.6 Å². The van der Waals surface area contributed by atoms with Crippen molar-refractivity contribution in [1.82, 2.24) is 8.61 Å². The third-order valence-electron chi connectivity index (χ3n) is 3.84. The van der Waals surface area contributed by atoms with E-state index >= 15 is 0 Å². The molecule has 0 amide bonds. The molecular weight excluding hydrogens is 260 g/mol. The first kappa shape index (κ1) is 13.6. The molecule has 17 heavy (non-hydrogen) atoms. The summed E-state index contributed by atoms with van der Waals surface area (Å²) in [5, 5.41) is 0. The van der Waals surface area contributed by atoms with E-state index in [1.165, 1.54) is 0 Å². The molecule has 2 aliphatic rings. The third-order valence-corrected chi connectivity index (χ3v) is 6.40. The second kappa shape index (κ2) is 5.43. The molecule has 4 nitrogen and oxygen atoms in total. The number of hydrogen-bond donors (Lipinski definition) is 0. The maximum atomic E-state index is 12.6. The Balaban J connectivity index is 2.18. The van der Waals surface area contributed by atoms with Crippen molar-refractivity contribution < 1.29 is 8.42 Å². The number of rotatable bonds is 3. The van der Waals surface area contributed by atoms with E-state index in [-0.39, 0.29) is 12.1 Å². The van der Waals surface area contributed by atoms with Gasteiger partial charge in [-0.15, -0.1) is 11.6 Å². The van der Waals surface area contributed by atoms with Crippen molar-refractivity contribution in [2.24, 2.45) is 0 Å². The fourth-order valence-corrected chi connectivity index (χ4v) is 5.33. The summed E-state index contributed by atoms with van der Waals surface area (Å²) in [4.78, 5) is 0. The quantitative estimate of drug-likeness (QED) is 0.740. The van der Waals surface area contributed by atoms with E-state index in [1.54, 1.807) is 8.61 Å². The zero-order valence-corrected chi connectivity index (χ0v) is 11.9. The predicted octanol–water partition coefficient (Wildman–Crippen LogP) is 1.81. The van der Waals surface area contributed by atoms with Crippen LogP contribution in [0.1, 0.15) is 39.0 Å². The van der Waals surface area contributed by atoms with Crippen LogP contribution in [0.25, 0.3) is 0 Å². The molecule has 0 N–H and O–H groups in total. The van der Waals surface area contributed by atoms with Crippen LogP contribution in [-0.4, -0.2) is 48.1 Å². The van der Waals surface area contributed by atoms with Crippen LogP contribution in [0.5, 0.6) is 0 Å². The maximum Gasteiger partial charge on any atom is 0.282 e. The van der Waals surface area contributed by atoms with Crippen molar-refractivity contribution >= 4 is 21.8 Å². The van der Waals surface area contributed by atoms with Crippen molar-refractivity contribution in [2.45, 2.75) is 51.1 Å². The van der Waals surface area contributed by atoms with Crippen LogP contribution in [0, 0.1) is 0 Å². The molecule has 0 spiro atoms. The maximum absolute atomic E-state index is 12.6. The van der Waals surface area contributed by atoms with Crippen molar-refractivity contribution in [1.29, 1.82) is 0 Å². The van der Waals surface area contributed by atoms with Crippen LogP contribution < -0.4 is 0 Å². The number of piperidine rings is 1. The fourth-order valence-electron chi connectivity index (χ4n) is 2.82. The van der Waals surface area contributed by atoms with Crippen LogP contribution in [0.3, 0.4) is 0 Å². The van der Waals surface area contributed by atoms with Gasteiger partial charge in [0.15, 0.2) is 0 Å². The van der Waals surface area contributed by atoms with E-state index < -0.39 is 10.2 Å². The first-order valence-corrected chi connectivity index (χ1v) is 8.35. The molecular formula is C11H21ClN2O2S. The first-order chi connectivity index (χ1) is 8.07. The molecule has 0 aromatic rings. The van der Waals surface area contributed by atoms with Gasteiger partial charge in [-0.1, -0.05) is 6.42 Å². The SMILES string of the molecule is CC1CCCN1S(=O)(=O)N1CCCCC1CCl. The van der Waals surface area contributed by atoms with Gasteiger partial charge < -0.3 is 0 Å². The molecule has 2 atom stereocenters. The number of nitrogens with zero attached hydrogens (tertiary/aromatic N) is 2. The molecule has 2 unspecified atom stereocenters. The van der Waals surface area contributed by atoms with Crippen molar-refractivity contribution in [3.63, 3.8) is 0 Å². The summed E-state index contributed by atoms with van der Waals surface area (Å²) >= 11 is 5.90.